The van der Waals surface area contributed by atoms with E-state index in [0.29, 0.717) is 44.3 Å². The van der Waals surface area contributed by atoms with Crippen LogP contribution in [0.25, 0.3) is 10.8 Å². The van der Waals surface area contributed by atoms with Crippen LogP contribution in [0.2, 0.25) is 20.1 Å². The van der Waals surface area contributed by atoms with Crippen LogP contribution in [0.4, 0.5) is 0 Å². The molecule has 0 unspecified atom stereocenters. The number of benzene rings is 4. The molecule has 0 radical (unpaired) electrons. The third-order valence-corrected chi connectivity index (χ3v) is 6.41. The molecule has 2 N–H and O–H groups in total. The molecule has 34 heavy (non-hydrogen) atoms. The van der Waals surface area contributed by atoms with Crippen molar-refractivity contribution in [3.63, 3.8) is 0 Å². The van der Waals surface area contributed by atoms with E-state index < -0.39 is 0 Å². The number of aromatic hydroxyl groups is 2. The molecule has 4 nitrogen and oxygen atoms in total. The molecule has 0 aliphatic heterocycles. The number of fused-ring (bicyclic) bond motifs is 1. The fourth-order valence-electron chi connectivity index (χ4n) is 3.47. The Morgan fingerprint density at radius 1 is 0.588 bits per heavy atom. The van der Waals surface area contributed by atoms with Crippen molar-refractivity contribution in [2.75, 3.05) is 0 Å². The summed E-state index contributed by atoms with van der Waals surface area (Å²) in [5, 5.41) is 24.5. The Kier molecular flexibility index (Phi) is 7.64. The lowest BCUT2D eigenvalue weighted by molar-refractivity contribution is 0.473. The Hall–Kier alpha value is -2.76. The molecule has 4 aromatic rings. The smallest absolute Gasteiger partial charge is 0.124 e. The number of phenols is 2. The molecule has 0 aliphatic rings. The van der Waals surface area contributed by atoms with Gasteiger partial charge in [-0.2, -0.15) is 0 Å². The van der Waals surface area contributed by atoms with Crippen LogP contribution in [0, 0.1) is 0 Å². The Labute approximate surface area is 216 Å². The Morgan fingerprint density at radius 2 is 1.00 bits per heavy atom. The van der Waals surface area contributed by atoms with Gasteiger partial charge >= 0.3 is 0 Å². The van der Waals surface area contributed by atoms with E-state index >= 15 is 0 Å². The molecule has 0 aliphatic carbocycles. The van der Waals surface area contributed by atoms with Crippen molar-refractivity contribution >= 4 is 69.6 Å². The van der Waals surface area contributed by atoms with Crippen LogP contribution in [0.3, 0.4) is 0 Å². The molecule has 0 heterocycles. The Bertz CT molecular complexity index is 1330. The molecule has 0 atom stereocenters. The molecular formula is C26H18Cl4N2O2. The molecule has 8 heteroatoms. The minimum atomic E-state index is 0.0694. The van der Waals surface area contributed by atoms with Crippen LogP contribution >= 0.6 is 46.4 Å². The van der Waals surface area contributed by atoms with Gasteiger partial charge in [0.15, 0.2) is 0 Å². The van der Waals surface area contributed by atoms with Crippen molar-refractivity contribution in [3.05, 3.63) is 103 Å². The summed E-state index contributed by atoms with van der Waals surface area (Å²) in [4.78, 5) is 8.90. The van der Waals surface area contributed by atoms with Crippen molar-refractivity contribution in [2.24, 2.45) is 9.98 Å². The van der Waals surface area contributed by atoms with Crippen LogP contribution in [0.1, 0.15) is 22.3 Å². The van der Waals surface area contributed by atoms with Crippen molar-refractivity contribution in [1.82, 2.24) is 0 Å². The zero-order chi connectivity index (χ0) is 24.2. The highest BCUT2D eigenvalue weighted by Crippen LogP contribution is 2.32. The standard InChI is InChI=1S/C26H18Cl4N2O2/c27-17-3-1-15(23(29)9-17)11-31-13-21-19-5-8-26(34)22(20(19)6-7-25(21)33)14-32-12-16-2-4-18(28)10-24(16)30/h1-10,13-14,33-34H,11-12H2. The van der Waals surface area contributed by atoms with Crippen molar-refractivity contribution in [3.8, 4) is 11.5 Å². The molecule has 0 amide bonds. The van der Waals surface area contributed by atoms with Gasteiger partial charge in [-0.25, -0.2) is 0 Å². The van der Waals surface area contributed by atoms with E-state index in [1.165, 1.54) is 0 Å². The molecule has 0 bridgehead atoms. The van der Waals surface area contributed by atoms with E-state index in [4.69, 9.17) is 46.4 Å². The highest BCUT2D eigenvalue weighted by molar-refractivity contribution is 6.35. The lowest BCUT2D eigenvalue weighted by atomic mass is 9.99. The molecule has 4 aromatic carbocycles. The first kappa shape index (κ1) is 24.4. The minimum absolute atomic E-state index is 0.0694. The van der Waals surface area contributed by atoms with E-state index in [-0.39, 0.29) is 11.5 Å². The van der Waals surface area contributed by atoms with Crippen LogP contribution in [-0.2, 0) is 13.1 Å². The number of hydrogen-bond acceptors (Lipinski definition) is 4. The molecule has 172 valence electrons. The SMILES string of the molecule is Oc1ccc2c(C=NCc3ccc(Cl)cc3Cl)c(O)ccc2c1C=NCc1ccc(Cl)cc1Cl. The normalized spacial score (nSPS) is 11.8. The van der Waals surface area contributed by atoms with E-state index in [1.807, 2.05) is 12.1 Å². The molecule has 0 saturated heterocycles. The topological polar surface area (TPSA) is 65.2 Å². The number of rotatable bonds is 6. The maximum Gasteiger partial charge on any atom is 0.124 e. The monoisotopic (exact) mass is 530 g/mol. The molecular weight excluding hydrogens is 514 g/mol. The first-order valence-corrected chi connectivity index (χ1v) is 11.7. The highest BCUT2D eigenvalue weighted by Gasteiger charge is 2.11. The third-order valence-electron chi connectivity index (χ3n) is 5.23. The Balaban J connectivity index is 1.64. The summed E-state index contributed by atoms with van der Waals surface area (Å²) >= 11 is 24.3. The fourth-order valence-corrected chi connectivity index (χ4v) is 4.41. The fraction of sp³-hybridized carbons (Fsp3) is 0.0769. The minimum Gasteiger partial charge on any atom is -0.507 e. The molecule has 0 fully saturated rings. The summed E-state index contributed by atoms with van der Waals surface area (Å²) in [6.45, 7) is 0.639. The van der Waals surface area contributed by atoms with Gasteiger partial charge in [0.05, 0.1) is 13.1 Å². The average Bonchev–Trinajstić information content (AvgIpc) is 2.79. The Morgan fingerprint density at radius 3 is 1.38 bits per heavy atom. The summed E-state index contributed by atoms with van der Waals surface area (Å²) < 4.78 is 0. The summed E-state index contributed by atoms with van der Waals surface area (Å²) in [6, 6.07) is 17.0. The van der Waals surface area contributed by atoms with Gasteiger partial charge in [0.2, 0.25) is 0 Å². The van der Waals surface area contributed by atoms with Crippen LogP contribution in [0.5, 0.6) is 11.5 Å². The zero-order valence-electron chi connectivity index (χ0n) is 17.6. The zero-order valence-corrected chi connectivity index (χ0v) is 20.7. The number of halogens is 4. The van der Waals surface area contributed by atoms with Gasteiger partial charge in [-0.15, -0.1) is 0 Å². The summed E-state index contributed by atoms with van der Waals surface area (Å²) in [7, 11) is 0. The van der Waals surface area contributed by atoms with Gasteiger partial charge in [0.25, 0.3) is 0 Å². The predicted molar refractivity (Wildman–Crippen MR) is 143 cm³/mol. The van der Waals surface area contributed by atoms with E-state index in [0.717, 1.165) is 21.9 Å². The van der Waals surface area contributed by atoms with Crippen molar-refractivity contribution in [1.29, 1.82) is 0 Å². The van der Waals surface area contributed by atoms with Gasteiger partial charge in [-0.3, -0.25) is 9.98 Å². The first-order valence-electron chi connectivity index (χ1n) is 10.2. The summed E-state index contributed by atoms with van der Waals surface area (Å²) in [6.07, 6.45) is 3.18. The predicted octanol–water partition coefficient (Wildman–Crippen LogP) is 8.10. The van der Waals surface area contributed by atoms with E-state index in [1.54, 1.807) is 61.0 Å². The molecule has 0 spiro atoms. The van der Waals surface area contributed by atoms with Gasteiger partial charge in [-0.05, 0) is 70.4 Å². The molecule has 4 rings (SSSR count). The number of aliphatic imine (C=N–C) groups is 2. The van der Waals surface area contributed by atoms with Crippen molar-refractivity contribution in [2.45, 2.75) is 13.1 Å². The van der Waals surface area contributed by atoms with E-state index in [9.17, 15) is 10.2 Å². The number of nitrogens with zero attached hydrogens (tertiary/aromatic N) is 2. The second-order valence-corrected chi connectivity index (χ2v) is 9.19. The summed E-state index contributed by atoms with van der Waals surface area (Å²) in [5.41, 5.74) is 2.68. The van der Waals surface area contributed by atoms with Crippen molar-refractivity contribution < 1.29 is 10.2 Å². The van der Waals surface area contributed by atoms with E-state index in [2.05, 4.69) is 9.98 Å². The van der Waals surface area contributed by atoms with Crippen LogP contribution in [-0.4, -0.2) is 22.6 Å². The second-order valence-electron chi connectivity index (χ2n) is 7.50. The van der Waals surface area contributed by atoms with Gasteiger partial charge in [0.1, 0.15) is 11.5 Å². The maximum absolute atomic E-state index is 10.5. The quantitative estimate of drug-likeness (QED) is 0.247. The number of phenolic OH excluding ortho intramolecular Hbond substituents is 2. The molecule has 0 saturated carbocycles. The first-order chi connectivity index (χ1) is 16.3. The number of hydrogen-bond donors (Lipinski definition) is 2. The van der Waals surface area contributed by atoms with Crippen LogP contribution in [0.15, 0.2) is 70.6 Å². The van der Waals surface area contributed by atoms with Gasteiger partial charge in [0, 0.05) is 43.6 Å². The second kappa shape index (κ2) is 10.7. The van der Waals surface area contributed by atoms with Crippen LogP contribution < -0.4 is 0 Å². The maximum atomic E-state index is 10.5. The van der Waals surface area contributed by atoms with Gasteiger partial charge in [-0.1, -0.05) is 58.5 Å². The third kappa shape index (κ3) is 5.48. The highest BCUT2D eigenvalue weighted by atomic mass is 35.5. The lowest BCUT2D eigenvalue weighted by Gasteiger charge is -2.09. The largest absolute Gasteiger partial charge is 0.507 e. The average molecular weight is 532 g/mol. The van der Waals surface area contributed by atoms with Gasteiger partial charge < -0.3 is 10.2 Å². The lowest BCUT2D eigenvalue weighted by Crippen LogP contribution is -1.93. The molecule has 0 aromatic heterocycles. The summed E-state index contributed by atoms with van der Waals surface area (Å²) in [5.74, 6) is 0.139.